The quantitative estimate of drug-likeness (QED) is 0.340. The predicted octanol–water partition coefficient (Wildman–Crippen LogP) is 0.647. The first-order valence-electron chi connectivity index (χ1n) is 9.82. The van der Waals surface area contributed by atoms with Crippen LogP contribution in [-0.4, -0.2) is 34.7 Å². The van der Waals surface area contributed by atoms with Crippen LogP contribution in [0.5, 0.6) is 0 Å². The van der Waals surface area contributed by atoms with Crippen molar-refractivity contribution in [1.29, 1.82) is 0 Å². The lowest BCUT2D eigenvalue weighted by Gasteiger charge is -2.12. The van der Waals surface area contributed by atoms with Gasteiger partial charge >= 0.3 is 5.69 Å². The number of nitrogens with zero attached hydrogens (tertiary/aromatic N) is 6. The molecule has 1 amide bonds. The van der Waals surface area contributed by atoms with Crippen molar-refractivity contribution in [3.63, 3.8) is 0 Å². The van der Waals surface area contributed by atoms with E-state index in [-0.39, 0.29) is 33.8 Å². The molecule has 13 nitrogen and oxygen atoms in total. The van der Waals surface area contributed by atoms with Crippen LogP contribution in [0.3, 0.4) is 0 Å². The second-order valence-electron chi connectivity index (χ2n) is 7.41. The highest BCUT2D eigenvalue weighted by Gasteiger charge is 2.21. The molecule has 0 unspecified atom stereocenters. The van der Waals surface area contributed by atoms with Crippen LogP contribution in [-0.2, 0) is 14.1 Å². The van der Waals surface area contributed by atoms with Gasteiger partial charge in [0, 0.05) is 31.9 Å². The summed E-state index contributed by atoms with van der Waals surface area (Å²) in [4.78, 5) is 64.8. The smallest absolute Gasteiger partial charge is 0.319 e. The average molecular weight is 463 g/mol. The van der Waals surface area contributed by atoms with Gasteiger partial charge in [-0.3, -0.25) is 33.6 Å². The molecule has 4 rings (SSSR count). The molecular weight excluding hydrogens is 446 g/mol. The fraction of sp³-hybridized carbons (Fsp3) is 0.143. The van der Waals surface area contributed by atoms with E-state index in [1.165, 1.54) is 56.0 Å². The maximum Gasteiger partial charge on any atom is 0.332 e. The molecule has 0 spiro atoms. The zero-order chi connectivity index (χ0) is 24.7. The highest BCUT2D eigenvalue weighted by Crippen LogP contribution is 2.22. The van der Waals surface area contributed by atoms with Gasteiger partial charge in [-0.1, -0.05) is 12.1 Å². The molecule has 0 saturated heterocycles. The van der Waals surface area contributed by atoms with Crippen LogP contribution in [0.25, 0.3) is 16.7 Å². The molecule has 172 valence electrons. The number of benzene rings is 1. The number of nitro benzene ring substituents is 1. The third kappa shape index (κ3) is 3.64. The summed E-state index contributed by atoms with van der Waals surface area (Å²) in [5.41, 5.74) is -2.05. The molecule has 34 heavy (non-hydrogen) atoms. The lowest BCUT2D eigenvalue weighted by molar-refractivity contribution is -0.384. The van der Waals surface area contributed by atoms with Gasteiger partial charge in [0.25, 0.3) is 17.2 Å². The van der Waals surface area contributed by atoms with Gasteiger partial charge in [0.15, 0.2) is 5.69 Å². The number of pyridine rings is 1. The van der Waals surface area contributed by atoms with E-state index < -0.39 is 33.2 Å². The molecule has 0 fully saturated rings. The number of amides is 1. The Morgan fingerprint density at radius 1 is 1.09 bits per heavy atom. The summed E-state index contributed by atoms with van der Waals surface area (Å²) in [6.07, 6.45) is 1.23. The Labute approximate surface area is 189 Å². The SMILES string of the molecule is Cc1cc(=O)c(C(=O)Nc2cnc3c(c2)c(=O)n(C)c(=O)n3C)nn1-c1ccccc1[N+](=O)[O-]. The maximum atomic E-state index is 12.9. The fourth-order valence-corrected chi connectivity index (χ4v) is 3.47. The van der Waals surface area contributed by atoms with Gasteiger partial charge in [-0.15, -0.1) is 0 Å². The van der Waals surface area contributed by atoms with E-state index in [1.807, 2.05) is 0 Å². The largest absolute Gasteiger partial charge is 0.332 e. The molecule has 0 aliphatic carbocycles. The van der Waals surface area contributed by atoms with Crippen LogP contribution < -0.4 is 22.0 Å². The van der Waals surface area contributed by atoms with Gasteiger partial charge in [-0.25, -0.2) is 14.5 Å². The number of carbonyl (C=O) groups is 1. The summed E-state index contributed by atoms with van der Waals surface area (Å²) >= 11 is 0. The van der Waals surface area contributed by atoms with Crippen molar-refractivity contribution >= 4 is 28.3 Å². The van der Waals surface area contributed by atoms with Crippen molar-refractivity contribution < 1.29 is 9.72 Å². The molecule has 4 aromatic rings. The van der Waals surface area contributed by atoms with Crippen molar-refractivity contribution in [2.75, 3.05) is 5.32 Å². The Kier molecular flexibility index (Phi) is 5.37. The third-order valence-electron chi connectivity index (χ3n) is 5.18. The molecule has 0 aliphatic heterocycles. The van der Waals surface area contributed by atoms with E-state index in [0.29, 0.717) is 0 Å². The number of carbonyl (C=O) groups excluding carboxylic acids is 1. The van der Waals surface area contributed by atoms with Crippen LogP contribution in [0.15, 0.2) is 57.0 Å². The average Bonchev–Trinajstić information content (AvgIpc) is 2.81. The minimum absolute atomic E-state index is 0.0795. The van der Waals surface area contributed by atoms with Crippen molar-refractivity contribution in [3.8, 4) is 5.69 Å². The number of anilines is 1. The van der Waals surface area contributed by atoms with Crippen LogP contribution >= 0.6 is 0 Å². The van der Waals surface area contributed by atoms with E-state index in [2.05, 4.69) is 15.4 Å². The standard InChI is InChI=1S/C21H17N7O6/c1-11-8-16(29)17(24-27(11)14-6-4-5-7-15(14)28(33)34)19(30)23-12-9-13-18(22-10-12)25(2)21(32)26(3)20(13)31/h4-10H,1-3H3,(H,23,30). The summed E-state index contributed by atoms with van der Waals surface area (Å²) in [5.74, 6) is -0.903. The Hall–Kier alpha value is -4.94. The van der Waals surface area contributed by atoms with Crippen LogP contribution in [0.2, 0.25) is 0 Å². The lowest BCUT2D eigenvalue weighted by atomic mass is 10.2. The number of aryl methyl sites for hydroxylation is 2. The predicted molar refractivity (Wildman–Crippen MR) is 121 cm³/mol. The molecule has 1 N–H and O–H groups in total. The van der Waals surface area contributed by atoms with Gasteiger partial charge in [-0.05, 0) is 19.1 Å². The van der Waals surface area contributed by atoms with Gasteiger partial charge < -0.3 is 5.32 Å². The lowest BCUT2D eigenvalue weighted by Crippen LogP contribution is -2.37. The van der Waals surface area contributed by atoms with E-state index >= 15 is 0 Å². The first-order chi connectivity index (χ1) is 16.1. The highest BCUT2D eigenvalue weighted by atomic mass is 16.6. The Bertz CT molecular complexity index is 1680. The number of hydrogen-bond acceptors (Lipinski definition) is 8. The molecule has 13 heteroatoms. The van der Waals surface area contributed by atoms with Crippen molar-refractivity contribution in [3.05, 3.63) is 95.2 Å². The molecule has 0 aliphatic rings. The van der Waals surface area contributed by atoms with Gasteiger partial charge in [0.1, 0.15) is 11.3 Å². The van der Waals surface area contributed by atoms with Crippen LogP contribution in [0.1, 0.15) is 16.2 Å². The summed E-state index contributed by atoms with van der Waals surface area (Å²) in [6, 6.07) is 8.25. The van der Waals surface area contributed by atoms with E-state index in [0.717, 1.165) is 15.3 Å². The first-order valence-corrected chi connectivity index (χ1v) is 9.82. The van der Waals surface area contributed by atoms with Crippen LogP contribution in [0.4, 0.5) is 11.4 Å². The highest BCUT2D eigenvalue weighted by molar-refractivity contribution is 6.03. The Morgan fingerprint density at radius 2 is 1.79 bits per heavy atom. The Balaban J connectivity index is 1.78. The number of rotatable bonds is 4. The molecule has 3 heterocycles. The van der Waals surface area contributed by atoms with Gasteiger partial charge in [0.2, 0.25) is 5.43 Å². The first kappa shape index (κ1) is 22.3. The number of hydrogen-bond donors (Lipinski definition) is 1. The number of nitro groups is 1. The summed E-state index contributed by atoms with van der Waals surface area (Å²) < 4.78 is 3.23. The van der Waals surface area contributed by atoms with Crippen molar-refractivity contribution in [1.82, 2.24) is 23.9 Å². The number of aromatic nitrogens is 5. The number of fused-ring (bicyclic) bond motifs is 1. The van der Waals surface area contributed by atoms with Gasteiger partial charge in [-0.2, -0.15) is 5.10 Å². The summed E-state index contributed by atoms with van der Waals surface area (Å²) in [6.45, 7) is 1.53. The van der Waals surface area contributed by atoms with Crippen LogP contribution in [0, 0.1) is 17.0 Å². The molecule has 0 bridgehead atoms. The van der Waals surface area contributed by atoms with E-state index in [4.69, 9.17) is 0 Å². The zero-order valence-electron chi connectivity index (χ0n) is 18.2. The second-order valence-corrected chi connectivity index (χ2v) is 7.41. The zero-order valence-corrected chi connectivity index (χ0v) is 18.2. The topological polar surface area (TPSA) is 164 Å². The maximum absolute atomic E-state index is 12.9. The normalized spacial score (nSPS) is 10.9. The second kappa shape index (κ2) is 8.20. The molecular formula is C21H17N7O6. The van der Waals surface area contributed by atoms with E-state index in [9.17, 15) is 29.3 Å². The summed E-state index contributed by atoms with van der Waals surface area (Å²) in [5, 5.41) is 18.0. The van der Waals surface area contributed by atoms with Gasteiger partial charge in [0.05, 0.1) is 22.2 Å². The minimum atomic E-state index is -0.903. The molecule has 0 radical (unpaired) electrons. The molecule has 0 atom stereocenters. The molecule has 1 aromatic carbocycles. The number of para-hydroxylation sites is 2. The molecule has 3 aromatic heterocycles. The number of nitrogens with one attached hydrogen (secondary N) is 1. The molecule has 0 saturated carbocycles. The van der Waals surface area contributed by atoms with E-state index in [1.54, 1.807) is 6.07 Å². The third-order valence-corrected chi connectivity index (χ3v) is 5.18. The van der Waals surface area contributed by atoms with Crippen molar-refractivity contribution in [2.45, 2.75) is 6.92 Å². The fourth-order valence-electron chi connectivity index (χ4n) is 3.47. The minimum Gasteiger partial charge on any atom is -0.319 e. The van der Waals surface area contributed by atoms with Crippen molar-refractivity contribution in [2.24, 2.45) is 14.1 Å². The summed E-state index contributed by atoms with van der Waals surface area (Å²) in [7, 11) is 2.77. The monoisotopic (exact) mass is 463 g/mol. The Morgan fingerprint density at radius 3 is 2.50 bits per heavy atom.